The molecule has 0 saturated carbocycles. The summed E-state index contributed by atoms with van der Waals surface area (Å²) in [6.07, 6.45) is 6.62. The van der Waals surface area contributed by atoms with Gasteiger partial charge in [0.1, 0.15) is 0 Å². The van der Waals surface area contributed by atoms with Gasteiger partial charge in [0.15, 0.2) is 0 Å². The summed E-state index contributed by atoms with van der Waals surface area (Å²) in [5.74, 6) is 0. The van der Waals surface area contributed by atoms with Gasteiger partial charge >= 0.3 is 0 Å². The summed E-state index contributed by atoms with van der Waals surface area (Å²) in [4.78, 5) is 0. The summed E-state index contributed by atoms with van der Waals surface area (Å²) < 4.78 is 0. The fraction of sp³-hybridized carbons (Fsp3) is 0.308. The zero-order valence-electron chi connectivity index (χ0n) is 8.61. The Bertz CT molecular complexity index is 393. The first-order chi connectivity index (χ1) is 7.40. The highest BCUT2D eigenvalue weighted by molar-refractivity contribution is 5.37. The van der Waals surface area contributed by atoms with E-state index in [0.717, 1.165) is 30.5 Å². The second kappa shape index (κ2) is 4.77. The van der Waals surface area contributed by atoms with Gasteiger partial charge in [0.25, 0.3) is 0 Å². The first-order valence-electron chi connectivity index (χ1n) is 5.26. The molecule has 0 aliphatic heterocycles. The number of rotatable bonds is 3. The number of hydrogen-bond acceptors (Lipinski definition) is 2. The molecule has 1 aliphatic carbocycles. The van der Waals surface area contributed by atoms with E-state index in [4.69, 9.17) is 5.26 Å². The molecular weight excluding hydrogens is 184 g/mol. The zero-order valence-corrected chi connectivity index (χ0v) is 8.61. The molecule has 0 aromatic heterocycles. The summed E-state index contributed by atoms with van der Waals surface area (Å²) in [6, 6.07) is 10.5. The van der Waals surface area contributed by atoms with Gasteiger partial charge in [0.2, 0.25) is 0 Å². The van der Waals surface area contributed by atoms with Crippen LogP contribution in [0.4, 0.5) is 0 Å². The predicted octanol–water partition coefficient (Wildman–Crippen LogP) is 2.37. The first-order valence-corrected chi connectivity index (χ1v) is 5.26. The second-order valence-corrected chi connectivity index (χ2v) is 3.79. The van der Waals surface area contributed by atoms with E-state index in [1.807, 2.05) is 24.3 Å². The Balaban J connectivity index is 1.96. The molecule has 1 aliphatic rings. The van der Waals surface area contributed by atoms with Crippen LogP contribution in [0, 0.1) is 11.3 Å². The maximum Gasteiger partial charge on any atom is 0.0995 e. The Hall–Kier alpha value is -1.59. The molecule has 0 fully saturated rings. The Morgan fingerprint density at radius 1 is 1.27 bits per heavy atom. The van der Waals surface area contributed by atoms with E-state index in [1.54, 1.807) is 0 Å². The lowest BCUT2D eigenvalue weighted by Crippen LogP contribution is -2.25. The molecule has 2 rings (SSSR count). The van der Waals surface area contributed by atoms with Gasteiger partial charge in [-0.2, -0.15) is 5.26 Å². The van der Waals surface area contributed by atoms with Crippen LogP contribution in [0.2, 0.25) is 0 Å². The van der Waals surface area contributed by atoms with Crippen molar-refractivity contribution in [3.63, 3.8) is 0 Å². The molecule has 1 aromatic rings. The van der Waals surface area contributed by atoms with Crippen molar-refractivity contribution < 1.29 is 0 Å². The topological polar surface area (TPSA) is 35.8 Å². The minimum atomic E-state index is 0.553. The average Bonchev–Trinajstić information content (AvgIpc) is 2.79. The van der Waals surface area contributed by atoms with Crippen molar-refractivity contribution in [2.75, 3.05) is 0 Å². The minimum absolute atomic E-state index is 0.553. The lowest BCUT2D eigenvalue weighted by Gasteiger charge is -2.12. The third-order valence-electron chi connectivity index (χ3n) is 2.73. The normalized spacial score (nSPS) is 15.4. The summed E-state index contributed by atoms with van der Waals surface area (Å²) in [7, 11) is 0. The van der Waals surface area contributed by atoms with Gasteiger partial charge in [-0.25, -0.2) is 0 Å². The third-order valence-corrected chi connectivity index (χ3v) is 2.73. The van der Waals surface area contributed by atoms with E-state index in [2.05, 4.69) is 23.5 Å². The molecule has 0 radical (unpaired) electrons. The number of benzene rings is 1. The van der Waals surface area contributed by atoms with Crippen molar-refractivity contribution in [2.24, 2.45) is 0 Å². The molecule has 0 atom stereocenters. The summed E-state index contributed by atoms with van der Waals surface area (Å²) >= 11 is 0. The fourth-order valence-electron chi connectivity index (χ4n) is 1.82. The van der Waals surface area contributed by atoms with Crippen LogP contribution in [0.5, 0.6) is 0 Å². The summed E-state index contributed by atoms with van der Waals surface area (Å²) in [6.45, 7) is 0.788. The molecule has 76 valence electrons. The van der Waals surface area contributed by atoms with Crippen molar-refractivity contribution >= 4 is 0 Å². The number of hydrogen-bond donors (Lipinski definition) is 1. The van der Waals surface area contributed by atoms with Crippen LogP contribution in [0.3, 0.4) is 0 Å². The van der Waals surface area contributed by atoms with Crippen LogP contribution in [0.25, 0.3) is 0 Å². The molecule has 0 heterocycles. The van der Waals surface area contributed by atoms with Crippen molar-refractivity contribution in [2.45, 2.75) is 25.4 Å². The van der Waals surface area contributed by atoms with E-state index in [1.165, 1.54) is 0 Å². The Kier molecular flexibility index (Phi) is 3.16. The van der Waals surface area contributed by atoms with E-state index in [0.29, 0.717) is 6.04 Å². The zero-order chi connectivity index (χ0) is 10.5. The second-order valence-electron chi connectivity index (χ2n) is 3.79. The van der Waals surface area contributed by atoms with E-state index < -0.39 is 0 Å². The quantitative estimate of drug-likeness (QED) is 0.757. The summed E-state index contributed by atoms with van der Waals surface area (Å²) in [5, 5.41) is 12.4. The molecule has 1 aromatic carbocycles. The molecule has 2 heteroatoms. The molecule has 0 amide bonds. The maximum atomic E-state index is 8.92. The van der Waals surface area contributed by atoms with Crippen molar-refractivity contribution in [3.8, 4) is 6.07 Å². The number of nitrogens with zero attached hydrogens (tertiary/aromatic N) is 1. The molecule has 15 heavy (non-hydrogen) atoms. The average molecular weight is 198 g/mol. The van der Waals surface area contributed by atoms with Crippen LogP contribution in [-0.4, -0.2) is 6.04 Å². The van der Waals surface area contributed by atoms with Crippen LogP contribution < -0.4 is 5.32 Å². The fourth-order valence-corrected chi connectivity index (χ4v) is 1.82. The van der Waals surface area contributed by atoms with E-state index in [-0.39, 0.29) is 0 Å². The Morgan fingerprint density at radius 2 is 2.00 bits per heavy atom. The van der Waals surface area contributed by atoms with Gasteiger partial charge in [-0.1, -0.05) is 30.4 Å². The largest absolute Gasteiger partial charge is 0.309 e. The van der Waals surface area contributed by atoms with Gasteiger partial charge < -0.3 is 5.32 Å². The maximum absolute atomic E-state index is 8.92. The lowest BCUT2D eigenvalue weighted by atomic mass is 10.1. The minimum Gasteiger partial charge on any atom is -0.309 e. The Morgan fingerprint density at radius 3 is 2.73 bits per heavy atom. The van der Waals surface area contributed by atoms with E-state index >= 15 is 0 Å². The van der Waals surface area contributed by atoms with Crippen molar-refractivity contribution in [1.82, 2.24) is 5.32 Å². The highest BCUT2D eigenvalue weighted by atomic mass is 14.9. The van der Waals surface area contributed by atoms with Crippen molar-refractivity contribution in [3.05, 3.63) is 47.5 Å². The van der Waals surface area contributed by atoms with Gasteiger partial charge in [0.05, 0.1) is 11.6 Å². The molecule has 0 bridgehead atoms. The lowest BCUT2D eigenvalue weighted by molar-refractivity contribution is 0.538. The van der Waals surface area contributed by atoms with E-state index in [9.17, 15) is 0 Å². The first kappa shape index (κ1) is 9.95. The van der Waals surface area contributed by atoms with Crippen molar-refractivity contribution in [1.29, 1.82) is 5.26 Å². The highest BCUT2D eigenvalue weighted by Crippen LogP contribution is 2.12. The van der Waals surface area contributed by atoms with Crippen LogP contribution in [-0.2, 0) is 6.54 Å². The standard InChI is InChI=1S/C13H14N2/c14-9-11-5-1-2-6-12(11)10-15-13-7-3-4-8-13/h1-6,13,15H,7-8,10H2. The predicted molar refractivity (Wildman–Crippen MR) is 60.2 cm³/mol. The van der Waals surface area contributed by atoms with Gasteiger partial charge in [-0.05, 0) is 24.5 Å². The molecular formula is C13H14N2. The molecule has 2 nitrogen and oxygen atoms in total. The SMILES string of the molecule is N#Cc1ccccc1CNC1CC=CC1. The van der Waals surface area contributed by atoms with Crippen LogP contribution in [0.15, 0.2) is 36.4 Å². The van der Waals surface area contributed by atoms with Crippen LogP contribution >= 0.6 is 0 Å². The van der Waals surface area contributed by atoms with Crippen LogP contribution in [0.1, 0.15) is 24.0 Å². The highest BCUT2D eigenvalue weighted by Gasteiger charge is 2.09. The summed E-state index contributed by atoms with van der Waals surface area (Å²) in [5.41, 5.74) is 1.86. The molecule has 0 spiro atoms. The van der Waals surface area contributed by atoms with Gasteiger partial charge in [0, 0.05) is 12.6 Å². The molecule has 0 saturated heterocycles. The van der Waals surface area contributed by atoms with Gasteiger partial charge in [-0.15, -0.1) is 0 Å². The van der Waals surface area contributed by atoms with Gasteiger partial charge in [-0.3, -0.25) is 0 Å². The molecule has 0 unspecified atom stereocenters. The molecule has 1 N–H and O–H groups in total. The monoisotopic (exact) mass is 198 g/mol. The Labute approximate surface area is 90.2 Å². The number of nitriles is 1. The third kappa shape index (κ3) is 2.45. The number of nitrogens with one attached hydrogen (secondary N) is 1. The smallest absolute Gasteiger partial charge is 0.0995 e.